The van der Waals surface area contributed by atoms with Crippen molar-refractivity contribution in [1.29, 1.82) is 0 Å². The summed E-state index contributed by atoms with van der Waals surface area (Å²) in [4.78, 5) is 35.7. The zero-order valence-corrected chi connectivity index (χ0v) is 11.8. The SMILES string of the molecule is O=C(CCN1CCSC1=O)Nc1c(F)cccc1C(=O)O. The molecule has 1 aromatic carbocycles. The number of hydrogen-bond acceptors (Lipinski definition) is 4. The van der Waals surface area contributed by atoms with Crippen LogP contribution in [0.15, 0.2) is 18.2 Å². The topological polar surface area (TPSA) is 86.7 Å². The van der Waals surface area contributed by atoms with Crippen LogP contribution < -0.4 is 5.32 Å². The summed E-state index contributed by atoms with van der Waals surface area (Å²) in [5.74, 6) is -1.98. The fourth-order valence-electron chi connectivity index (χ4n) is 1.90. The number of para-hydroxylation sites is 1. The molecule has 1 aromatic rings. The zero-order chi connectivity index (χ0) is 15.4. The lowest BCUT2D eigenvalue weighted by Crippen LogP contribution is -2.28. The van der Waals surface area contributed by atoms with Gasteiger partial charge in [-0.2, -0.15) is 0 Å². The van der Waals surface area contributed by atoms with Crippen LogP contribution in [0.25, 0.3) is 0 Å². The van der Waals surface area contributed by atoms with Gasteiger partial charge in [0.2, 0.25) is 5.91 Å². The lowest BCUT2D eigenvalue weighted by molar-refractivity contribution is -0.116. The smallest absolute Gasteiger partial charge is 0.337 e. The number of carbonyl (C=O) groups excluding carboxylic acids is 2. The molecule has 0 radical (unpaired) electrons. The Morgan fingerprint density at radius 3 is 2.81 bits per heavy atom. The summed E-state index contributed by atoms with van der Waals surface area (Å²) < 4.78 is 13.6. The molecule has 0 saturated carbocycles. The van der Waals surface area contributed by atoms with Gasteiger partial charge in [-0.3, -0.25) is 9.59 Å². The second-order valence-electron chi connectivity index (χ2n) is 4.37. The Hall–Kier alpha value is -2.09. The number of carbonyl (C=O) groups is 3. The lowest BCUT2D eigenvalue weighted by Gasteiger charge is -2.14. The van der Waals surface area contributed by atoms with E-state index in [-0.39, 0.29) is 29.5 Å². The van der Waals surface area contributed by atoms with Gasteiger partial charge in [-0.05, 0) is 12.1 Å². The van der Waals surface area contributed by atoms with Crippen molar-refractivity contribution in [1.82, 2.24) is 4.90 Å². The minimum atomic E-state index is -1.32. The highest BCUT2D eigenvalue weighted by atomic mass is 32.2. The molecule has 0 spiro atoms. The van der Waals surface area contributed by atoms with Crippen LogP contribution in [0.3, 0.4) is 0 Å². The first-order valence-electron chi connectivity index (χ1n) is 6.22. The number of nitrogens with zero attached hydrogens (tertiary/aromatic N) is 1. The van der Waals surface area contributed by atoms with E-state index in [1.165, 1.54) is 28.8 Å². The Morgan fingerprint density at radius 2 is 2.19 bits per heavy atom. The molecule has 0 aliphatic carbocycles. The first-order valence-corrected chi connectivity index (χ1v) is 7.21. The quantitative estimate of drug-likeness (QED) is 0.868. The van der Waals surface area contributed by atoms with Gasteiger partial charge < -0.3 is 15.3 Å². The first-order chi connectivity index (χ1) is 9.99. The van der Waals surface area contributed by atoms with E-state index in [0.29, 0.717) is 12.3 Å². The van der Waals surface area contributed by atoms with E-state index in [9.17, 15) is 18.8 Å². The van der Waals surface area contributed by atoms with Gasteiger partial charge in [0.15, 0.2) is 0 Å². The van der Waals surface area contributed by atoms with Gasteiger partial charge in [-0.25, -0.2) is 9.18 Å². The Labute approximate surface area is 124 Å². The van der Waals surface area contributed by atoms with Gasteiger partial charge in [0.1, 0.15) is 5.82 Å². The van der Waals surface area contributed by atoms with Crippen molar-refractivity contribution >= 4 is 34.6 Å². The molecule has 0 bridgehead atoms. The molecule has 2 rings (SSSR count). The third-order valence-electron chi connectivity index (χ3n) is 2.96. The molecule has 8 heteroatoms. The van der Waals surface area contributed by atoms with Crippen molar-refractivity contribution in [2.45, 2.75) is 6.42 Å². The number of thioether (sulfide) groups is 1. The van der Waals surface area contributed by atoms with E-state index < -0.39 is 17.7 Å². The fourth-order valence-corrected chi connectivity index (χ4v) is 2.75. The van der Waals surface area contributed by atoms with E-state index in [4.69, 9.17) is 5.11 Å². The molecule has 1 aliphatic rings. The zero-order valence-electron chi connectivity index (χ0n) is 11.0. The summed E-state index contributed by atoms with van der Waals surface area (Å²) in [7, 11) is 0. The molecule has 1 aliphatic heterocycles. The number of amides is 2. The van der Waals surface area contributed by atoms with Crippen molar-refractivity contribution < 1.29 is 23.9 Å². The molecule has 1 saturated heterocycles. The molecule has 112 valence electrons. The summed E-state index contributed by atoms with van der Waals surface area (Å²) in [5, 5.41) is 11.1. The van der Waals surface area contributed by atoms with Crippen LogP contribution in [-0.4, -0.2) is 46.0 Å². The maximum atomic E-state index is 13.6. The van der Waals surface area contributed by atoms with Crippen LogP contribution in [0, 0.1) is 5.82 Å². The van der Waals surface area contributed by atoms with E-state index in [1.807, 2.05) is 0 Å². The fraction of sp³-hybridized carbons (Fsp3) is 0.308. The monoisotopic (exact) mass is 312 g/mol. The number of nitrogens with one attached hydrogen (secondary N) is 1. The number of carboxylic acids is 1. The van der Waals surface area contributed by atoms with Crippen LogP contribution in [0.2, 0.25) is 0 Å². The number of benzene rings is 1. The predicted molar refractivity (Wildman–Crippen MR) is 76.0 cm³/mol. The minimum absolute atomic E-state index is 0.0142. The molecule has 0 aromatic heterocycles. The third kappa shape index (κ3) is 3.72. The summed E-state index contributed by atoms with van der Waals surface area (Å²) in [6.07, 6.45) is -0.0142. The lowest BCUT2D eigenvalue weighted by atomic mass is 10.1. The first kappa shape index (κ1) is 15.3. The van der Waals surface area contributed by atoms with Gasteiger partial charge in [0.25, 0.3) is 5.24 Å². The summed E-state index contributed by atoms with van der Waals surface area (Å²) in [6, 6.07) is 3.54. The number of halogens is 1. The van der Waals surface area contributed by atoms with Crippen molar-refractivity contribution in [2.75, 3.05) is 24.2 Å². The Morgan fingerprint density at radius 1 is 1.43 bits per heavy atom. The Balaban J connectivity index is 1.99. The second-order valence-corrected chi connectivity index (χ2v) is 5.41. The van der Waals surface area contributed by atoms with Gasteiger partial charge >= 0.3 is 5.97 Å². The molecule has 6 nitrogen and oxygen atoms in total. The molecular weight excluding hydrogens is 299 g/mol. The molecule has 1 fully saturated rings. The van der Waals surface area contributed by atoms with Crippen molar-refractivity contribution in [2.24, 2.45) is 0 Å². The third-order valence-corrected chi connectivity index (χ3v) is 3.85. The molecule has 2 amide bonds. The molecular formula is C13H13FN2O4S. The standard InChI is InChI=1S/C13H13FN2O4S/c14-9-3-1-2-8(12(18)19)11(9)15-10(17)4-5-16-6-7-21-13(16)20/h1-3H,4-7H2,(H,15,17)(H,18,19). The van der Waals surface area contributed by atoms with Crippen LogP contribution >= 0.6 is 11.8 Å². The molecule has 21 heavy (non-hydrogen) atoms. The van der Waals surface area contributed by atoms with E-state index in [1.54, 1.807) is 0 Å². The number of anilines is 1. The molecule has 2 N–H and O–H groups in total. The molecule has 1 heterocycles. The van der Waals surface area contributed by atoms with Crippen LogP contribution in [-0.2, 0) is 4.79 Å². The predicted octanol–water partition coefficient (Wildman–Crippen LogP) is 2.02. The Bertz CT molecular complexity index is 594. The molecule has 0 atom stereocenters. The van der Waals surface area contributed by atoms with Crippen LogP contribution in [0.4, 0.5) is 14.9 Å². The summed E-state index contributed by atoms with van der Waals surface area (Å²) >= 11 is 1.19. The Kier molecular flexibility index (Phi) is 4.79. The van der Waals surface area contributed by atoms with Gasteiger partial charge in [-0.15, -0.1) is 0 Å². The van der Waals surface area contributed by atoms with E-state index in [0.717, 1.165) is 6.07 Å². The van der Waals surface area contributed by atoms with E-state index in [2.05, 4.69) is 5.32 Å². The number of carboxylic acid groups (broad SMARTS) is 1. The molecule has 0 unspecified atom stereocenters. The number of hydrogen-bond donors (Lipinski definition) is 2. The second kappa shape index (κ2) is 6.57. The maximum absolute atomic E-state index is 13.6. The normalized spacial score (nSPS) is 14.3. The van der Waals surface area contributed by atoms with Crippen molar-refractivity contribution in [3.8, 4) is 0 Å². The number of rotatable bonds is 5. The summed E-state index contributed by atoms with van der Waals surface area (Å²) in [5.41, 5.74) is -0.659. The maximum Gasteiger partial charge on any atom is 0.337 e. The highest BCUT2D eigenvalue weighted by Gasteiger charge is 2.22. The van der Waals surface area contributed by atoms with Gasteiger partial charge in [-0.1, -0.05) is 17.8 Å². The van der Waals surface area contributed by atoms with Gasteiger partial charge in [0, 0.05) is 25.3 Å². The largest absolute Gasteiger partial charge is 0.478 e. The van der Waals surface area contributed by atoms with Gasteiger partial charge in [0.05, 0.1) is 11.3 Å². The van der Waals surface area contributed by atoms with Crippen molar-refractivity contribution in [3.05, 3.63) is 29.6 Å². The van der Waals surface area contributed by atoms with Crippen LogP contribution in [0.1, 0.15) is 16.8 Å². The van der Waals surface area contributed by atoms with E-state index >= 15 is 0 Å². The van der Waals surface area contributed by atoms with Crippen molar-refractivity contribution in [3.63, 3.8) is 0 Å². The van der Waals surface area contributed by atoms with Crippen LogP contribution in [0.5, 0.6) is 0 Å². The summed E-state index contributed by atoms with van der Waals surface area (Å²) in [6.45, 7) is 0.811. The average molecular weight is 312 g/mol. The minimum Gasteiger partial charge on any atom is -0.478 e. The highest BCUT2D eigenvalue weighted by molar-refractivity contribution is 8.13. The average Bonchev–Trinajstić information content (AvgIpc) is 2.84. The number of aromatic carboxylic acids is 1. The highest BCUT2D eigenvalue weighted by Crippen LogP contribution is 2.21.